The molecule has 0 aromatic heterocycles. The topological polar surface area (TPSA) is 29.1 Å². The maximum Gasteiger partial charge on any atom is 0.244 e. The molecular weight excluding hydrogens is 302 g/mol. The van der Waals surface area contributed by atoms with Gasteiger partial charge < -0.3 is 5.32 Å². The van der Waals surface area contributed by atoms with Gasteiger partial charge in [0.15, 0.2) is 0 Å². The average molecular weight is 322 g/mol. The Hall–Kier alpha value is -1.09. The van der Waals surface area contributed by atoms with Gasteiger partial charge in [0.05, 0.1) is 0 Å². The molecule has 0 aliphatic heterocycles. The van der Waals surface area contributed by atoms with Gasteiger partial charge in [0, 0.05) is 16.6 Å². The number of rotatable bonds is 3. The molecule has 1 saturated carbocycles. The van der Waals surface area contributed by atoms with Crippen LogP contribution < -0.4 is 5.32 Å². The summed E-state index contributed by atoms with van der Waals surface area (Å²) in [6.45, 7) is 4.52. The molecule has 1 N–H and O–H groups in total. The van der Waals surface area contributed by atoms with Crippen LogP contribution in [0.4, 0.5) is 0 Å². The summed E-state index contributed by atoms with van der Waals surface area (Å²) in [6.07, 6.45) is 6.82. The summed E-state index contributed by atoms with van der Waals surface area (Å²) >= 11 is 3.39. The van der Waals surface area contributed by atoms with E-state index in [1.165, 1.54) is 6.42 Å². The van der Waals surface area contributed by atoms with Gasteiger partial charge in [0.25, 0.3) is 0 Å². The van der Waals surface area contributed by atoms with Crippen molar-refractivity contribution < 1.29 is 4.79 Å². The van der Waals surface area contributed by atoms with E-state index in [2.05, 4.69) is 35.1 Å². The summed E-state index contributed by atoms with van der Waals surface area (Å²) in [4.78, 5) is 11.8. The van der Waals surface area contributed by atoms with Gasteiger partial charge in [-0.05, 0) is 48.4 Å². The van der Waals surface area contributed by atoms with E-state index in [9.17, 15) is 4.79 Å². The van der Waals surface area contributed by atoms with Gasteiger partial charge in [-0.3, -0.25) is 4.79 Å². The van der Waals surface area contributed by atoms with Crippen LogP contribution in [-0.2, 0) is 4.79 Å². The zero-order chi connectivity index (χ0) is 13.9. The van der Waals surface area contributed by atoms with Crippen LogP contribution in [0.5, 0.6) is 0 Å². The lowest BCUT2D eigenvalue weighted by Crippen LogP contribution is -2.32. The second kappa shape index (κ2) is 5.91. The number of halogens is 1. The lowest BCUT2D eigenvalue weighted by molar-refractivity contribution is -0.117. The molecule has 3 heteroatoms. The third-order valence-corrected chi connectivity index (χ3v) is 4.14. The Balaban J connectivity index is 1.86. The van der Waals surface area contributed by atoms with Crippen molar-refractivity contribution in [2.24, 2.45) is 5.41 Å². The Labute approximate surface area is 123 Å². The fourth-order valence-corrected chi connectivity index (χ4v) is 2.82. The predicted molar refractivity (Wildman–Crippen MR) is 82.7 cm³/mol. The van der Waals surface area contributed by atoms with Crippen LogP contribution in [0.15, 0.2) is 34.8 Å². The summed E-state index contributed by atoms with van der Waals surface area (Å²) in [6, 6.07) is 8.23. The molecule has 0 radical (unpaired) electrons. The van der Waals surface area contributed by atoms with Crippen LogP contribution in [0, 0.1) is 5.41 Å². The Kier molecular flexibility index (Phi) is 4.46. The van der Waals surface area contributed by atoms with Gasteiger partial charge >= 0.3 is 0 Å². The Morgan fingerprint density at radius 1 is 1.37 bits per heavy atom. The molecule has 0 saturated heterocycles. The van der Waals surface area contributed by atoms with E-state index in [0.29, 0.717) is 11.5 Å². The first-order valence-corrected chi connectivity index (χ1v) is 7.48. The van der Waals surface area contributed by atoms with Gasteiger partial charge in [-0.2, -0.15) is 0 Å². The van der Waals surface area contributed by atoms with Crippen molar-refractivity contribution in [1.82, 2.24) is 5.32 Å². The fourth-order valence-electron chi connectivity index (χ4n) is 2.55. The summed E-state index contributed by atoms with van der Waals surface area (Å²) in [5.41, 5.74) is 1.40. The number of carbonyl (C=O) groups is 1. The molecule has 2 nitrogen and oxygen atoms in total. The van der Waals surface area contributed by atoms with Crippen LogP contribution in [-0.4, -0.2) is 11.9 Å². The largest absolute Gasteiger partial charge is 0.350 e. The SMILES string of the molecule is CC1(C)CCC(NC(=O)/C=C/c2ccc(Br)cc2)C1. The summed E-state index contributed by atoms with van der Waals surface area (Å²) in [5, 5.41) is 3.08. The highest BCUT2D eigenvalue weighted by molar-refractivity contribution is 9.10. The van der Waals surface area contributed by atoms with Crippen LogP contribution >= 0.6 is 15.9 Å². The first kappa shape index (κ1) is 14.3. The first-order chi connectivity index (χ1) is 8.94. The average Bonchev–Trinajstić information content (AvgIpc) is 2.68. The van der Waals surface area contributed by atoms with Crippen molar-refractivity contribution in [1.29, 1.82) is 0 Å². The van der Waals surface area contributed by atoms with Crippen molar-refractivity contribution in [2.75, 3.05) is 0 Å². The van der Waals surface area contributed by atoms with Crippen LogP contribution in [0.3, 0.4) is 0 Å². The Morgan fingerprint density at radius 3 is 2.63 bits per heavy atom. The number of carbonyl (C=O) groups excluding carboxylic acids is 1. The second-order valence-corrected chi connectivity index (χ2v) is 6.91. The molecule has 1 aliphatic carbocycles. The maximum absolute atomic E-state index is 11.8. The molecule has 0 heterocycles. The molecular formula is C16H20BrNO. The molecule has 102 valence electrons. The highest BCUT2D eigenvalue weighted by Gasteiger charge is 2.31. The lowest BCUT2D eigenvalue weighted by Gasteiger charge is -2.17. The molecule has 0 bridgehead atoms. The summed E-state index contributed by atoms with van der Waals surface area (Å²) in [5.74, 6) is 0.00520. The van der Waals surface area contributed by atoms with Crippen molar-refractivity contribution in [3.63, 3.8) is 0 Å². The first-order valence-electron chi connectivity index (χ1n) is 6.69. The number of hydrogen-bond donors (Lipinski definition) is 1. The molecule has 0 spiro atoms. The summed E-state index contributed by atoms with van der Waals surface area (Å²) in [7, 11) is 0. The van der Waals surface area contributed by atoms with Crippen LogP contribution in [0.2, 0.25) is 0 Å². The van der Waals surface area contributed by atoms with Crippen molar-refractivity contribution in [3.05, 3.63) is 40.4 Å². The maximum atomic E-state index is 11.8. The third kappa shape index (κ3) is 4.50. The van der Waals surface area contributed by atoms with Crippen molar-refractivity contribution in [2.45, 2.75) is 39.2 Å². The van der Waals surface area contributed by atoms with E-state index in [-0.39, 0.29) is 5.91 Å². The minimum absolute atomic E-state index is 0.00520. The minimum atomic E-state index is 0.00520. The quantitative estimate of drug-likeness (QED) is 0.832. The molecule has 1 aliphatic rings. The molecule has 1 atom stereocenters. The van der Waals surface area contributed by atoms with E-state index in [4.69, 9.17) is 0 Å². The second-order valence-electron chi connectivity index (χ2n) is 6.00. The number of amides is 1. The Morgan fingerprint density at radius 2 is 2.05 bits per heavy atom. The standard InChI is InChI=1S/C16H20BrNO/c1-16(2)10-9-14(11-16)18-15(19)8-5-12-3-6-13(17)7-4-12/h3-8,14H,9-11H2,1-2H3,(H,18,19)/b8-5+. The molecule has 19 heavy (non-hydrogen) atoms. The highest BCUT2D eigenvalue weighted by Crippen LogP contribution is 2.36. The van der Waals surface area contributed by atoms with E-state index in [1.807, 2.05) is 30.3 Å². The minimum Gasteiger partial charge on any atom is -0.350 e. The molecule has 1 aromatic rings. The molecule has 1 fully saturated rings. The van der Waals surface area contributed by atoms with E-state index >= 15 is 0 Å². The fraction of sp³-hybridized carbons (Fsp3) is 0.438. The lowest BCUT2D eigenvalue weighted by atomic mass is 9.92. The zero-order valence-corrected chi connectivity index (χ0v) is 13.0. The van der Waals surface area contributed by atoms with E-state index in [0.717, 1.165) is 22.9 Å². The smallest absolute Gasteiger partial charge is 0.244 e. The molecule has 1 amide bonds. The molecule has 2 rings (SSSR count). The van der Waals surface area contributed by atoms with Gasteiger partial charge in [0.1, 0.15) is 0 Å². The number of benzene rings is 1. The van der Waals surface area contributed by atoms with Gasteiger partial charge in [-0.1, -0.05) is 41.9 Å². The van der Waals surface area contributed by atoms with E-state index < -0.39 is 0 Å². The normalized spacial score (nSPS) is 21.7. The monoisotopic (exact) mass is 321 g/mol. The van der Waals surface area contributed by atoms with Crippen LogP contribution in [0.1, 0.15) is 38.7 Å². The highest BCUT2D eigenvalue weighted by atomic mass is 79.9. The predicted octanol–water partition coefficient (Wildman–Crippen LogP) is 4.16. The molecule has 1 unspecified atom stereocenters. The van der Waals surface area contributed by atoms with E-state index in [1.54, 1.807) is 6.08 Å². The van der Waals surface area contributed by atoms with Gasteiger partial charge in [0.2, 0.25) is 5.91 Å². The Bertz CT molecular complexity index is 476. The van der Waals surface area contributed by atoms with Crippen LogP contribution in [0.25, 0.3) is 6.08 Å². The van der Waals surface area contributed by atoms with Crippen molar-refractivity contribution in [3.8, 4) is 0 Å². The molecule has 1 aromatic carbocycles. The van der Waals surface area contributed by atoms with Crippen molar-refractivity contribution >= 4 is 27.9 Å². The zero-order valence-electron chi connectivity index (χ0n) is 11.4. The van der Waals surface area contributed by atoms with Gasteiger partial charge in [-0.25, -0.2) is 0 Å². The number of hydrogen-bond acceptors (Lipinski definition) is 1. The summed E-state index contributed by atoms with van der Waals surface area (Å²) < 4.78 is 1.04. The van der Waals surface area contributed by atoms with Gasteiger partial charge in [-0.15, -0.1) is 0 Å². The third-order valence-electron chi connectivity index (χ3n) is 3.61. The number of nitrogens with one attached hydrogen (secondary N) is 1.